The summed E-state index contributed by atoms with van der Waals surface area (Å²) in [5.74, 6) is -0.143. The highest BCUT2D eigenvalue weighted by Crippen LogP contribution is 2.41. The third-order valence-corrected chi connectivity index (χ3v) is 3.64. The first-order valence-electron chi connectivity index (χ1n) is 7.25. The molecule has 0 spiro atoms. The summed E-state index contributed by atoms with van der Waals surface area (Å²) in [7, 11) is 3.04. The van der Waals surface area contributed by atoms with Crippen LogP contribution in [0.1, 0.15) is 10.4 Å². The topological polar surface area (TPSA) is 116 Å². The van der Waals surface area contributed by atoms with E-state index in [1.54, 1.807) is 12.1 Å². The molecule has 128 valence electrons. The van der Waals surface area contributed by atoms with Crippen LogP contribution in [0.15, 0.2) is 46.6 Å². The number of aromatic nitrogens is 1. The van der Waals surface area contributed by atoms with E-state index < -0.39 is 5.97 Å². The third kappa shape index (κ3) is 3.09. The van der Waals surface area contributed by atoms with Gasteiger partial charge in [0, 0.05) is 11.5 Å². The van der Waals surface area contributed by atoms with E-state index in [1.807, 2.05) is 0 Å². The molecule has 8 heteroatoms. The summed E-state index contributed by atoms with van der Waals surface area (Å²) in [4.78, 5) is 13.6. The van der Waals surface area contributed by atoms with Gasteiger partial charge in [0.15, 0.2) is 17.2 Å². The molecule has 8 nitrogen and oxygen atoms in total. The zero-order valence-electron chi connectivity index (χ0n) is 13.5. The number of methoxy groups -OCH3 is 2. The van der Waals surface area contributed by atoms with Crippen molar-refractivity contribution in [1.29, 1.82) is 0 Å². The zero-order chi connectivity index (χ0) is 18.0. The standard InChI is InChI=1S/C17H15N3O5/c1-24-13-7-11-12(8-14(13)25-2)18-16(21)15(11)20-19-10-5-3-9(4-6-10)17(22)23/h3-8,18,21H,1-2H3,(H,22,23). The summed E-state index contributed by atoms with van der Waals surface area (Å²) in [5, 5.41) is 27.7. The van der Waals surface area contributed by atoms with E-state index >= 15 is 0 Å². The fraction of sp³-hybridized carbons (Fsp3) is 0.118. The number of benzene rings is 2. The Labute approximate surface area is 142 Å². The van der Waals surface area contributed by atoms with Crippen LogP contribution >= 0.6 is 0 Å². The van der Waals surface area contributed by atoms with Gasteiger partial charge in [-0.15, -0.1) is 5.11 Å². The van der Waals surface area contributed by atoms with Gasteiger partial charge in [-0.2, -0.15) is 5.11 Å². The third-order valence-electron chi connectivity index (χ3n) is 3.64. The molecule has 0 saturated heterocycles. The first-order valence-corrected chi connectivity index (χ1v) is 7.25. The molecule has 0 unspecified atom stereocenters. The first-order chi connectivity index (χ1) is 12.0. The van der Waals surface area contributed by atoms with Crippen LogP contribution in [0.3, 0.4) is 0 Å². The van der Waals surface area contributed by atoms with E-state index in [2.05, 4.69) is 15.2 Å². The van der Waals surface area contributed by atoms with Gasteiger partial charge in [0.2, 0.25) is 5.88 Å². The number of aromatic carboxylic acids is 1. The fourth-order valence-electron chi connectivity index (χ4n) is 2.37. The second-order valence-corrected chi connectivity index (χ2v) is 5.13. The number of ether oxygens (including phenoxy) is 2. The monoisotopic (exact) mass is 341 g/mol. The first kappa shape index (κ1) is 16.3. The van der Waals surface area contributed by atoms with Crippen molar-refractivity contribution in [3.05, 3.63) is 42.0 Å². The van der Waals surface area contributed by atoms with Crippen molar-refractivity contribution in [1.82, 2.24) is 4.98 Å². The largest absolute Gasteiger partial charge is 0.493 e. The maximum Gasteiger partial charge on any atom is 0.335 e. The zero-order valence-corrected chi connectivity index (χ0v) is 13.5. The molecule has 0 saturated carbocycles. The van der Waals surface area contributed by atoms with Crippen molar-refractivity contribution in [2.45, 2.75) is 0 Å². The lowest BCUT2D eigenvalue weighted by Crippen LogP contribution is -1.93. The van der Waals surface area contributed by atoms with Crippen LogP contribution < -0.4 is 9.47 Å². The number of hydrogen-bond acceptors (Lipinski definition) is 6. The maximum atomic E-state index is 10.8. The minimum atomic E-state index is -1.01. The van der Waals surface area contributed by atoms with Crippen LogP contribution in [0.25, 0.3) is 10.9 Å². The molecule has 0 radical (unpaired) electrons. The molecule has 0 amide bonds. The molecule has 0 fully saturated rings. The fourth-order valence-corrected chi connectivity index (χ4v) is 2.37. The SMILES string of the molecule is COc1cc2[nH]c(O)c(N=Nc3ccc(C(=O)O)cc3)c2cc1OC. The molecule has 3 aromatic rings. The molecule has 25 heavy (non-hydrogen) atoms. The van der Waals surface area contributed by atoms with Gasteiger partial charge < -0.3 is 24.7 Å². The number of aromatic amines is 1. The minimum Gasteiger partial charge on any atom is -0.493 e. The smallest absolute Gasteiger partial charge is 0.335 e. The molecule has 0 atom stereocenters. The molecule has 0 aliphatic carbocycles. The second kappa shape index (κ2) is 6.52. The number of azo groups is 1. The van der Waals surface area contributed by atoms with E-state index in [0.717, 1.165) is 0 Å². The van der Waals surface area contributed by atoms with E-state index in [-0.39, 0.29) is 17.1 Å². The van der Waals surface area contributed by atoms with Crippen LogP contribution in [0.4, 0.5) is 11.4 Å². The van der Waals surface area contributed by atoms with Crippen LogP contribution in [0.5, 0.6) is 17.4 Å². The van der Waals surface area contributed by atoms with Gasteiger partial charge in [-0.25, -0.2) is 4.79 Å². The normalized spacial score (nSPS) is 11.1. The Morgan fingerprint density at radius 3 is 2.28 bits per heavy atom. The van der Waals surface area contributed by atoms with E-state index in [0.29, 0.717) is 28.1 Å². The Balaban J connectivity index is 2.00. The van der Waals surface area contributed by atoms with Crippen molar-refractivity contribution < 1.29 is 24.5 Å². The Morgan fingerprint density at radius 2 is 1.68 bits per heavy atom. The number of fused-ring (bicyclic) bond motifs is 1. The van der Waals surface area contributed by atoms with Gasteiger partial charge in [0.1, 0.15) is 0 Å². The molecule has 1 aromatic heterocycles. The number of nitrogens with one attached hydrogen (secondary N) is 1. The molecule has 3 rings (SSSR count). The van der Waals surface area contributed by atoms with Crippen molar-refractivity contribution in [3.8, 4) is 17.4 Å². The molecule has 0 aliphatic rings. The number of hydrogen-bond donors (Lipinski definition) is 3. The van der Waals surface area contributed by atoms with E-state index in [4.69, 9.17) is 14.6 Å². The van der Waals surface area contributed by atoms with Crippen molar-refractivity contribution >= 4 is 28.2 Å². The molecule has 2 aromatic carbocycles. The Kier molecular flexibility index (Phi) is 4.25. The number of nitrogens with zero attached hydrogens (tertiary/aromatic N) is 2. The van der Waals surface area contributed by atoms with E-state index in [1.165, 1.54) is 38.5 Å². The lowest BCUT2D eigenvalue weighted by atomic mass is 10.2. The van der Waals surface area contributed by atoms with Crippen molar-refractivity contribution in [2.24, 2.45) is 10.2 Å². The molecular weight excluding hydrogens is 326 g/mol. The molecule has 0 bridgehead atoms. The predicted octanol–water partition coefficient (Wildman–Crippen LogP) is 4.00. The number of carbonyl (C=O) groups is 1. The number of carboxylic acids is 1. The van der Waals surface area contributed by atoms with Crippen LogP contribution in [-0.4, -0.2) is 35.4 Å². The highest BCUT2D eigenvalue weighted by atomic mass is 16.5. The Bertz CT molecular complexity index is 961. The average molecular weight is 341 g/mol. The molecule has 1 heterocycles. The summed E-state index contributed by atoms with van der Waals surface area (Å²) < 4.78 is 10.5. The quantitative estimate of drug-likeness (QED) is 0.606. The van der Waals surface area contributed by atoms with Crippen LogP contribution in [0, 0.1) is 0 Å². The van der Waals surface area contributed by atoms with Crippen LogP contribution in [0.2, 0.25) is 0 Å². The van der Waals surface area contributed by atoms with Gasteiger partial charge in [-0.05, 0) is 30.3 Å². The molecular formula is C17H15N3O5. The lowest BCUT2D eigenvalue weighted by Gasteiger charge is -2.06. The van der Waals surface area contributed by atoms with E-state index in [9.17, 15) is 9.90 Å². The Hall–Kier alpha value is -3.55. The van der Waals surface area contributed by atoms with Crippen molar-refractivity contribution in [3.63, 3.8) is 0 Å². The number of H-pyrrole nitrogens is 1. The molecule has 0 aliphatic heterocycles. The highest BCUT2D eigenvalue weighted by molar-refractivity contribution is 5.96. The predicted molar refractivity (Wildman–Crippen MR) is 90.6 cm³/mol. The summed E-state index contributed by atoms with van der Waals surface area (Å²) in [6.07, 6.45) is 0. The van der Waals surface area contributed by atoms with Gasteiger partial charge in [0.25, 0.3) is 0 Å². The highest BCUT2D eigenvalue weighted by Gasteiger charge is 2.15. The minimum absolute atomic E-state index is 0.142. The average Bonchev–Trinajstić information content (AvgIpc) is 2.93. The van der Waals surface area contributed by atoms with Crippen molar-refractivity contribution in [2.75, 3.05) is 14.2 Å². The lowest BCUT2D eigenvalue weighted by molar-refractivity contribution is 0.0697. The summed E-state index contributed by atoms with van der Waals surface area (Å²) >= 11 is 0. The number of aromatic hydroxyl groups is 1. The van der Waals surface area contributed by atoms with Gasteiger partial charge >= 0.3 is 5.97 Å². The van der Waals surface area contributed by atoms with Gasteiger partial charge in [-0.3, -0.25) is 0 Å². The summed E-state index contributed by atoms with van der Waals surface area (Å²) in [6, 6.07) is 9.30. The van der Waals surface area contributed by atoms with Gasteiger partial charge in [-0.1, -0.05) is 0 Å². The van der Waals surface area contributed by atoms with Crippen LogP contribution in [-0.2, 0) is 0 Å². The number of carboxylic acid groups (broad SMARTS) is 1. The summed E-state index contributed by atoms with van der Waals surface area (Å²) in [6.45, 7) is 0. The maximum absolute atomic E-state index is 10.8. The molecule has 3 N–H and O–H groups in total. The number of rotatable bonds is 5. The summed E-state index contributed by atoms with van der Waals surface area (Å²) in [5.41, 5.74) is 1.48. The van der Waals surface area contributed by atoms with Gasteiger partial charge in [0.05, 0.1) is 31.0 Å². The second-order valence-electron chi connectivity index (χ2n) is 5.13. The Morgan fingerprint density at radius 1 is 1.04 bits per heavy atom.